The smallest absolute Gasteiger partial charge is 0.223 e. The molecule has 1 atom stereocenters. The number of rotatable bonds is 6. The maximum absolute atomic E-state index is 5.43. The molecule has 0 aromatic carbocycles. The zero-order chi connectivity index (χ0) is 18.3. The summed E-state index contributed by atoms with van der Waals surface area (Å²) in [6, 6.07) is 2.24. The molecule has 0 radical (unpaired) electrons. The number of anilines is 1. The van der Waals surface area contributed by atoms with E-state index in [0.717, 1.165) is 63.7 Å². The predicted molar refractivity (Wildman–Crippen MR) is 103 cm³/mol. The summed E-state index contributed by atoms with van der Waals surface area (Å²) in [6.45, 7) is 8.27. The molecule has 4 heterocycles. The largest absolute Gasteiger partial charge is 0.379 e. The van der Waals surface area contributed by atoms with Crippen molar-refractivity contribution in [2.24, 2.45) is 0 Å². The van der Waals surface area contributed by atoms with Crippen LogP contribution in [0.2, 0.25) is 0 Å². The van der Waals surface area contributed by atoms with Gasteiger partial charge in [-0.25, -0.2) is 9.97 Å². The monoisotopic (exact) mass is 369 g/mol. The molecule has 2 aliphatic rings. The van der Waals surface area contributed by atoms with E-state index in [0.29, 0.717) is 12.0 Å². The molecule has 0 aliphatic carbocycles. The minimum Gasteiger partial charge on any atom is -0.379 e. The molecule has 2 saturated heterocycles. The van der Waals surface area contributed by atoms with Crippen LogP contribution < -0.4 is 5.32 Å². The molecule has 0 spiro atoms. The van der Waals surface area contributed by atoms with Crippen molar-refractivity contribution in [1.29, 1.82) is 0 Å². The first-order chi connectivity index (χ1) is 13.4. The first-order valence-electron chi connectivity index (χ1n) is 9.75. The molecule has 1 N–H and O–H groups in total. The Morgan fingerprint density at radius 3 is 2.74 bits per heavy atom. The van der Waals surface area contributed by atoms with Crippen LogP contribution in [0.25, 0.3) is 11.4 Å². The Balaban J connectivity index is 1.31. The van der Waals surface area contributed by atoms with Crippen LogP contribution in [0.1, 0.15) is 12.8 Å². The average Bonchev–Trinajstić information content (AvgIpc) is 2.74. The number of aromatic nitrogens is 4. The lowest BCUT2D eigenvalue weighted by Crippen LogP contribution is -2.47. The highest BCUT2D eigenvalue weighted by molar-refractivity contribution is 5.53. The lowest BCUT2D eigenvalue weighted by Gasteiger charge is -2.35. The maximum atomic E-state index is 5.43. The van der Waals surface area contributed by atoms with Gasteiger partial charge >= 0.3 is 0 Å². The quantitative estimate of drug-likeness (QED) is 0.812. The minimum atomic E-state index is 0.376. The van der Waals surface area contributed by atoms with Crippen LogP contribution in [0.4, 0.5) is 5.95 Å². The summed E-state index contributed by atoms with van der Waals surface area (Å²) in [6.07, 6.45) is 9.19. The fraction of sp³-hybridized carbons (Fsp3) is 0.579. The predicted octanol–water partition coefficient (Wildman–Crippen LogP) is 1.14. The number of ether oxygens (including phenoxy) is 1. The minimum absolute atomic E-state index is 0.376. The molecule has 2 aromatic rings. The normalized spacial score (nSPS) is 21.9. The van der Waals surface area contributed by atoms with Gasteiger partial charge < -0.3 is 15.0 Å². The number of nitrogens with one attached hydrogen (secondary N) is 1. The molecule has 0 unspecified atom stereocenters. The third kappa shape index (κ3) is 5.18. The fourth-order valence-electron chi connectivity index (χ4n) is 3.67. The van der Waals surface area contributed by atoms with E-state index >= 15 is 0 Å². The molecule has 0 saturated carbocycles. The summed E-state index contributed by atoms with van der Waals surface area (Å²) in [7, 11) is 0. The van der Waals surface area contributed by atoms with Gasteiger partial charge in [-0.1, -0.05) is 0 Å². The topological polar surface area (TPSA) is 79.3 Å². The van der Waals surface area contributed by atoms with E-state index in [9.17, 15) is 0 Å². The van der Waals surface area contributed by atoms with Crippen molar-refractivity contribution in [2.45, 2.75) is 18.9 Å². The van der Waals surface area contributed by atoms with Crippen LogP contribution in [0, 0.1) is 0 Å². The molecule has 2 fully saturated rings. The number of nitrogens with zero attached hydrogens (tertiary/aromatic N) is 6. The summed E-state index contributed by atoms with van der Waals surface area (Å²) in [5.74, 6) is 0.665. The second kappa shape index (κ2) is 9.16. The van der Waals surface area contributed by atoms with E-state index in [1.807, 2.05) is 6.07 Å². The van der Waals surface area contributed by atoms with Crippen LogP contribution >= 0.6 is 0 Å². The maximum Gasteiger partial charge on any atom is 0.223 e. The molecule has 2 aliphatic heterocycles. The second-order valence-corrected chi connectivity index (χ2v) is 7.09. The van der Waals surface area contributed by atoms with Crippen molar-refractivity contribution in [1.82, 2.24) is 29.7 Å². The Morgan fingerprint density at radius 1 is 1.00 bits per heavy atom. The highest BCUT2D eigenvalue weighted by atomic mass is 16.5. The van der Waals surface area contributed by atoms with Crippen LogP contribution in [-0.4, -0.2) is 88.3 Å². The van der Waals surface area contributed by atoms with E-state index in [2.05, 4.69) is 35.1 Å². The van der Waals surface area contributed by atoms with Crippen molar-refractivity contribution >= 4 is 5.95 Å². The molecule has 8 heteroatoms. The van der Waals surface area contributed by atoms with Crippen molar-refractivity contribution < 1.29 is 4.74 Å². The number of morpholine rings is 1. The van der Waals surface area contributed by atoms with Gasteiger partial charge in [0, 0.05) is 57.4 Å². The molecule has 144 valence electrons. The Morgan fingerprint density at radius 2 is 1.89 bits per heavy atom. The highest BCUT2D eigenvalue weighted by Crippen LogP contribution is 2.17. The Labute approximate surface area is 160 Å². The van der Waals surface area contributed by atoms with Gasteiger partial charge in [0.25, 0.3) is 0 Å². The molecule has 8 nitrogen and oxygen atoms in total. The standard InChI is InChI=1S/C19H27N7O/c1-2-16(15-26(7-1)9-8-25-10-12-27-13-11-25)23-19-22-4-3-17(24-19)18-14-20-5-6-21-18/h3-6,14,16H,1-2,7-13,15H2,(H,22,23,24)/t16-/m0/s1. The van der Waals surface area contributed by atoms with Crippen LogP contribution in [-0.2, 0) is 4.74 Å². The van der Waals surface area contributed by atoms with Gasteiger partial charge in [0.2, 0.25) is 5.95 Å². The zero-order valence-electron chi connectivity index (χ0n) is 15.6. The second-order valence-electron chi connectivity index (χ2n) is 7.09. The van der Waals surface area contributed by atoms with E-state index in [1.54, 1.807) is 24.8 Å². The van der Waals surface area contributed by atoms with E-state index in [-0.39, 0.29) is 0 Å². The first kappa shape index (κ1) is 18.2. The first-order valence-corrected chi connectivity index (χ1v) is 9.75. The summed E-state index contributed by atoms with van der Waals surface area (Å²) in [4.78, 5) is 22.5. The Kier molecular flexibility index (Phi) is 6.18. The molecule has 27 heavy (non-hydrogen) atoms. The summed E-state index contributed by atoms with van der Waals surface area (Å²) < 4.78 is 5.43. The molecular weight excluding hydrogens is 342 g/mol. The molecule has 0 amide bonds. The number of hydrogen-bond acceptors (Lipinski definition) is 8. The average molecular weight is 369 g/mol. The lowest BCUT2D eigenvalue weighted by atomic mass is 10.1. The van der Waals surface area contributed by atoms with Crippen LogP contribution in [0.3, 0.4) is 0 Å². The molecule has 0 bridgehead atoms. The number of piperidine rings is 1. The fourth-order valence-corrected chi connectivity index (χ4v) is 3.67. The van der Waals surface area contributed by atoms with E-state index in [1.165, 1.54) is 13.0 Å². The van der Waals surface area contributed by atoms with Gasteiger partial charge in [0.05, 0.1) is 25.1 Å². The van der Waals surface area contributed by atoms with Crippen LogP contribution in [0.15, 0.2) is 30.9 Å². The van der Waals surface area contributed by atoms with Crippen molar-refractivity contribution in [2.75, 3.05) is 57.8 Å². The Bertz CT molecular complexity index is 708. The summed E-state index contributed by atoms with van der Waals surface area (Å²) in [5, 5.41) is 3.51. The van der Waals surface area contributed by atoms with E-state index in [4.69, 9.17) is 4.74 Å². The third-order valence-corrected chi connectivity index (χ3v) is 5.16. The molecule has 2 aromatic heterocycles. The van der Waals surface area contributed by atoms with Crippen molar-refractivity contribution in [3.05, 3.63) is 30.9 Å². The number of hydrogen-bond donors (Lipinski definition) is 1. The highest BCUT2D eigenvalue weighted by Gasteiger charge is 2.21. The van der Waals surface area contributed by atoms with E-state index < -0.39 is 0 Å². The van der Waals surface area contributed by atoms with Gasteiger partial charge in [-0.2, -0.15) is 0 Å². The van der Waals surface area contributed by atoms with Gasteiger partial charge in [-0.15, -0.1) is 0 Å². The van der Waals surface area contributed by atoms with Crippen molar-refractivity contribution in [3.8, 4) is 11.4 Å². The lowest BCUT2D eigenvalue weighted by molar-refractivity contribution is 0.0321. The third-order valence-electron chi connectivity index (χ3n) is 5.16. The zero-order valence-corrected chi connectivity index (χ0v) is 15.6. The van der Waals surface area contributed by atoms with Crippen molar-refractivity contribution in [3.63, 3.8) is 0 Å². The Hall–Kier alpha value is -2.16. The SMILES string of the molecule is c1cnc(-c2ccnc(N[C@H]3CCCN(CCN4CCOCC4)C3)n2)cn1. The van der Waals surface area contributed by atoms with Gasteiger partial charge in [-0.05, 0) is 25.5 Å². The summed E-state index contributed by atoms with van der Waals surface area (Å²) in [5.41, 5.74) is 1.55. The van der Waals surface area contributed by atoms with Gasteiger partial charge in [-0.3, -0.25) is 14.9 Å². The van der Waals surface area contributed by atoms with Crippen LogP contribution in [0.5, 0.6) is 0 Å². The summed E-state index contributed by atoms with van der Waals surface area (Å²) >= 11 is 0. The number of likely N-dealkylation sites (tertiary alicyclic amines) is 1. The molecule has 4 rings (SSSR count). The van der Waals surface area contributed by atoms with Gasteiger partial charge in [0.1, 0.15) is 5.69 Å². The molecular formula is C19H27N7O. The van der Waals surface area contributed by atoms with Gasteiger partial charge in [0.15, 0.2) is 0 Å².